The summed E-state index contributed by atoms with van der Waals surface area (Å²) >= 11 is 5.09. The van der Waals surface area contributed by atoms with Gasteiger partial charge in [-0.3, -0.25) is 10.1 Å². The first-order chi connectivity index (χ1) is 10.0. The first-order valence-electron chi connectivity index (χ1n) is 6.91. The van der Waals surface area contributed by atoms with Gasteiger partial charge in [0.2, 0.25) is 0 Å². The molecule has 0 aromatic heterocycles. The van der Waals surface area contributed by atoms with Crippen molar-refractivity contribution in [2.24, 2.45) is 10.7 Å². The van der Waals surface area contributed by atoms with Crippen molar-refractivity contribution < 1.29 is 4.92 Å². The van der Waals surface area contributed by atoms with Crippen LogP contribution in [-0.4, -0.2) is 15.9 Å². The lowest BCUT2D eigenvalue weighted by Gasteiger charge is -2.05. The molecule has 0 atom stereocenters. The third kappa shape index (κ3) is 7.90. The van der Waals surface area contributed by atoms with Crippen LogP contribution >= 0.6 is 24.6 Å². The summed E-state index contributed by atoms with van der Waals surface area (Å²) in [5, 5.41) is 13.7. The molecule has 0 aliphatic carbocycles. The first kappa shape index (κ1) is 20.3. The van der Waals surface area contributed by atoms with Gasteiger partial charge in [0.05, 0.1) is 4.92 Å². The lowest BCUT2D eigenvalue weighted by molar-refractivity contribution is -0.384. The molecule has 1 aromatic carbocycles. The van der Waals surface area contributed by atoms with Crippen molar-refractivity contribution in [2.75, 3.05) is 5.32 Å². The average Bonchev–Trinajstić information content (AvgIpc) is 2.44. The number of nitrogens with two attached hydrogens (primary N) is 1. The number of nitro groups is 1. The summed E-state index contributed by atoms with van der Waals surface area (Å²) in [5.41, 5.74) is 6.49. The summed E-state index contributed by atoms with van der Waals surface area (Å²) in [5.74, 6) is 0.505. The number of nitrogens with one attached hydrogen (secondary N) is 1. The standard InChI is InChI=1S/C14H20N4O2S.ClH/c1-2-3-4-5-6-13(15)17-14(21)16-11-7-9-12(10-8-11)18(19)20;/h7-10H,2-6H2,1H3,(H3,15,16,17,21);1H. The predicted molar refractivity (Wildman–Crippen MR) is 96.9 cm³/mol. The fourth-order valence-electron chi connectivity index (χ4n) is 1.74. The van der Waals surface area contributed by atoms with Crippen LogP contribution in [0.1, 0.15) is 39.0 Å². The summed E-state index contributed by atoms with van der Waals surface area (Å²) in [4.78, 5) is 14.2. The van der Waals surface area contributed by atoms with Gasteiger partial charge in [-0.15, -0.1) is 12.4 Å². The zero-order valence-electron chi connectivity index (χ0n) is 12.4. The minimum atomic E-state index is -0.450. The molecule has 0 saturated carbocycles. The van der Waals surface area contributed by atoms with Crippen LogP contribution < -0.4 is 11.1 Å². The number of amidine groups is 1. The molecule has 0 saturated heterocycles. The van der Waals surface area contributed by atoms with Crippen LogP contribution in [0.15, 0.2) is 29.3 Å². The lowest BCUT2D eigenvalue weighted by atomic mass is 10.1. The van der Waals surface area contributed by atoms with E-state index in [9.17, 15) is 10.1 Å². The Bertz CT molecular complexity index is 520. The predicted octanol–water partition coefficient (Wildman–Crippen LogP) is 4.04. The number of aliphatic imine (C=N–C) groups is 1. The molecule has 0 spiro atoms. The zero-order valence-corrected chi connectivity index (χ0v) is 14.1. The summed E-state index contributed by atoms with van der Waals surface area (Å²) in [6, 6.07) is 5.97. The maximum Gasteiger partial charge on any atom is 0.269 e. The molecule has 6 nitrogen and oxygen atoms in total. The molecule has 3 N–H and O–H groups in total. The molecule has 0 aliphatic heterocycles. The second-order valence-corrected chi connectivity index (χ2v) is 5.03. The zero-order chi connectivity index (χ0) is 15.7. The summed E-state index contributed by atoms with van der Waals surface area (Å²) in [6.45, 7) is 2.15. The van der Waals surface area contributed by atoms with Crippen molar-refractivity contribution in [1.82, 2.24) is 0 Å². The SMILES string of the molecule is CCCCCCC(N)=NC(=S)Nc1ccc([N+](=O)[O-])cc1.Cl. The summed E-state index contributed by atoms with van der Waals surface area (Å²) in [7, 11) is 0. The molecule has 0 heterocycles. The largest absolute Gasteiger partial charge is 0.387 e. The minimum absolute atomic E-state index is 0. The van der Waals surface area contributed by atoms with E-state index in [1.165, 1.54) is 25.0 Å². The van der Waals surface area contributed by atoms with Crippen LogP contribution in [0.25, 0.3) is 0 Å². The maximum absolute atomic E-state index is 10.5. The number of nitro benzene ring substituents is 1. The fraction of sp³-hybridized carbons (Fsp3) is 0.429. The van der Waals surface area contributed by atoms with Crippen molar-refractivity contribution in [1.29, 1.82) is 0 Å². The van der Waals surface area contributed by atoms with Crippen LogP contribution in [0.3, 0.4) is 0 Å². The molecule has 22 heavy (non-hydrogen) atoms. The number of benzene rings is 1. The first-order valence-corrected chi connectivity index (χ1v) is 7.32. The Morgan fingerprint density at radius 1 is 1.32 bits per heavy atom. The molecule has 0 aliphatic rings. The molecule has 0 fully saturated rings. The normalized spacial score (nSPS) is 10.7. The summed E-state index contributed by atoms with van der Waals surface area (Å²) in [6.07, 6.45) is 5.23. The molecule has 122 valence electrons. The van der Waals surface area contributed by atoms with E-state index in [1.807, 2.05) is 0 Å². The third-order valence-electron chi connectivity index (χ3n) is 2.86. The van der Waals surface area contributed by atoms with Gasteiger partial charge < -0.3 is 11.1 Å². The number of unbranched alkanes of at least 4 members (excludes halogenated alkanes) is 3. The Labute approximate surface area is 141 Å². The van der Waals surface area contributed by atoms with Crippen LogP contribution in [0.4, 0.5) is 11.4 Å². The lowest BCUT2D eigenvalue weighted by Crippen LogP contribution is -2.17. The van der Waals surface area contributed by atoms with E-state index in [0.717, 1.165) is 19.3 Å². The number of hydrogen-bond acceptors (Lipinski definition) is 3. The molecule has 0 radical (unpaired) electrons. The second kappa shape index (κ2) is 10.9. The van der Waals surface area contributed by atoms with Crippen molar-refractivity contribution in [3.05, 3.63) is 34.4 Å². The van der Waals surface area contributed by atoms with Gasteiger partial charge in [-0.2, -0.15) is 0 Å². The Morgan fingerprint density at radius 3 is 2.50 bits per heavy atom. The van der Waals surface area contributed by atoms with E-state index >= 15 is 0 Å². The van der Waals surface area contributed by atoms with Gasteiger partial charge in [0.1, 0.15) is 5.84 Å². The highest BCUT2D eigenvalue weighted by Crippen LogP contribution is 2.15. The molecule has 1 rings (SSSR count). The maximum atomic E-state index is 10.5. The highest BCUT2D eigenvalue weighted by molar-refractivity contribution is 7.80. The van der Waals surface area contributed by atoms with Gasteiger partial charge in [0, 0.05) is 24.2 Å². The van der Waals surface area contributed by atoms with E-state index in [4.69, 9.17) is 18.0 Å². The molecule has 0 unspecified atom stereocenters. The van der Waals surface area contributed by atoms with Gasteiger partial charge in [-0.1, -0.05) is 26.2 Å². The van der Waals surface area contributed by atoms with Gasteiger partial charge in [0.15, 0.2) is 5.11 Å². The fourth-order valence-corrected chi connectivity index (χ4v) is 1.97. The van der Waals surface area contributed by atoms with Gasteiger partial charge in [-0.25, -0.2) is 4.99 Å². The highest BCUT2D eigenvalue weighted by atomic mass is 35.5. The van der Waals surface area contributed by atoms with E-state index in [1.54, 1.807) is 12.1 Å². The Balaban J connectivity index is 0.00000441. The highest BCUT2D eigenvalue weighted by Gasteiger charge is 2.04. The van der Waals surface area contributed by atoms with Crippen molar-refractivity contribution in [3.8, 4) is 0 Å². The number of halogens is 1. The Kier molecular flexibility index (Phi) is 10.1. The minimum Gasteiger partial charge on any atom is -0.387 e. The molecule has 1 aromatic rings. The van der Waals surface area contributed by atoms with Crippen LogP contribution in [0, 0.1) is 10.1 Å². The van der Waals surface area contributed by atoms with E-state index < -0.39 is 4.92 Å². The van der Waals surface area contributed by atoms with E-state index in [2.05, 4.69) is 17.2 Å². The van der Waals surface area contributed by atoms with Crippen molar-refractivity contribution in [2.45, 2.75) is 39.0 Å². The van der Waals surface area contributed by atoms with Crippen LogP contribution in [-0.2, 0) is 0 Å². The smallest absolute Gasteiger partial charge is 0.269 e. The second-order valence-electron chi connectivity index (χ2n) is 4.65. The van der Waals surface area contributed by atoms with E-state index in [0.29, 0.717) is 11.5 Å². The molecule has 8 heteroatoms. The van der Waals surface area contributed by atoms with Crippen molar-refractivity contribution >= 4 is 46.9 Å². The Morgan fingerprint density at radius 2 is 1.95 bits per heavy atom. The van der Waals surface area contributed by atoms with Crippen molar-refractivity contribution in [3.63, 3.8) is 0 Å². The summed E-state index contributed by atoms with van der Waals surface area (Å²) < 4.78 is 0. The Hall–Kier alpha value is -1.73. The van der Waals surface area contributed by atoms with Gasteiger partial charge in [-0.05, 0) is 30.8 Å². The average molecular weight is 345 g/mol. The van der Waals surface area contributed by atoms with Crippen LogP contribution in [0.5, 0.6) is 0 Å². The monoisotopic (exact) mass is 344 g/mol. The van der Waals surface area contributed by atoms with Crippen LogP contribution in [0.2, 0.25) is 0 Å². The third-order valence-corrected chi connectivity index (χ3v) is 3.05. The number of hydrogen-bond donors (Lipinski definition) is 2. The molecule has 0 bridgehead atoms. The number of anilines is 1. The van der Waals surface area contributed by atoms with Gasteiger partial charge >= 0.3 is 0 Å². The number of rotatable bonds is 7. The number of nitrogens with zero attached hydrogens (tertiary/aromatic N) is 2. The quantitative estimate of drug-likeness (QED) is 0.194. The number of non-ortho nitro benzene ring substituents is 1. The van der Waals surface area contributed by atoms with Gasteiger partial charge in [0.25, 0.3) is 5.69 Å². The number of thiocarbonyl (C=S) groups is 1. The van der Waals surface area contributed by atoms with E-state index in [-0.39, 0.29) is 23.2 Å². The molecule has 0 amide bonds. The molecular weight excluding hydrogens is 324 g/mol. The molecular formula is C14H21ClN4O2S. The topological polar surface area (TPSA) is 93.5 Å².